The standard InChI is InChI=1S/C23H22N6O4.C14H16N4O3.C9H8N2O2.CH4.28F2.FH/c1-13-6-7-29-18(10-24-19(29)8-13)21(30)25-17-9-15(5-4-14(17)2)20-26-22(33-27-20)16-11-28(12-16)23(31)32-3;1-8-3-4-9(5-11(8)15)12-16-13(21-17-12)10-6-18(7-10)14(19)20-2;1-6-2-3-11-7(9(12)13)5-10-8(11)4-6;;28*1-2;/h4-10,16H,11-12H2,1-3H3,(H,25,30);3-5,10H,6-7,15H2,1-2H3;2-5H,1H3,(H,12,13);1H4;;;;;;;;;;;;;;;;;;;;;;;;;;;;;1H. The Morgan fingerprint density at radius 3 is 0.912 bits per heavy atom. The summed E-state index contributed by atoms with van der Waals surface area (Å²) in [4.78, 5) is 66.8. The molecule has 8 heterocycles. The van der Waals surface area contributed by atoms with Gasteiger partial charge in [0.2, 0.25) is 23.4 Å². The topological polar surface area (TPSA) is 264 Å². The van der Waals surface area contributed by atoms with Crippen molar-refractivity contribution < 1.29 is 304 Å². The average molecular weight is 2010 g/mol. The third kappa shape index (κ3) is 77.2. The van der Waals surface area contributed by atoms with Gasteiger partial charge in [-0.15, -0.1) is 0 Å². The van der Waals surface area contributed by atoms with Crippen LogP contribution in [0, 0.1) is 27.7 Å². The Kier molecular flexibility index (Phi) is 213. The molecule has 0 atom stereocenters. The fraction of sp³-hybridized carbons (Fsp3) is 0.277. The summed E-state index contributed by atoms with van der Waals surface area (Å²) in [6.45, 7) is 9.78. The van der Waals surface area contributed by atoms with Gasteiger partial charge in [0.15, 0.2) is 5.69 Å². The van der Waals surface area contributed by atoms with Crippen LogP contribution in [0.3, 0.4) is 0 Å². The van der Waals surface area contributed by atoms with E-state index >= 15 is 0 Å². The highest BCUT2D eigenvalue weighted by atomic mass is 20.1. The number of amides is 3. The highest BCUT2D eigenvalue weighted by molar-refractivity contribution is 6.04. The molecule has 21 nitrogen and oxygen atoms in total. The lowest BCUT2D eigenvalue weighted by Gasteiger charge is -2.35. The lowest BCUT2D eigenvalue weighted by molar-refractivity contribution is 0.0688. The maximum atomic E-state index is 13.0. The van der Waals surface area contributed by atoms with Gasteiger partial charge in [-0.1, -0.05) is 42.0 Å². The fourth-order valence-electron chi connectivity index (χ4n) is 7.22. The Bertz CT molecular complexity index is 3270. The number of nitrogens with one attached hydrogen (secondary N) is 1. The van der Waals surface area contributed by atoms with E-state index in [0.717, 1.165) is 27.8 Å². The lowest BCUT2D eigenvalue weighted by Crippen LogP contribution is -2.48. The van der Waals surface area contributed by atoms with Crippen molar-refractivity contribution in [1.29, 1.82) is 0 Å². The van der Waals surface area contributed by atoms with Gasteiger partial charge in [-0.3, -0.25) is 18.3 Å². The zero-order chi connectivity index (χ0) is 104. The van der Waals surface area contributed by atoms with Crippen LogP contribution < -0.4 is 11.1 Å². The largest absolute Gasteiger partial charge is 0.477 e. The van der Waals surface area contributed by atoms with Gasteiger partial charge in [-0.2, -0.15) is 9.97 Å². The third-order valence-electron chi connectivity index (χ3n) is 11.3. The molecule has 0 saturated carbocycles. The number of benzene rings is 2. The number of imidazole rings is 2. The first-order valence-electron chi connectivity index (χ1n) is 24.9. The molecule has 10 rings (SSSR count). The second kappa shape index (κ2) is 152. The van der Waals surface area contributed by atoms with Gasteiger partial charge in [0.05, 0.1) is 38.4 Å². The van der Waals surface area contributed by atoms with Crippen LogP contribution in [0.1, 0.15) is 74.3 Å². The van der Waals surface area contributed by atoms with E-state index in [2.05, 4.69) is 40.3 Å². The molecular weight excluding hydrogens is 1960 g/mol. The molecule has 78 heteroatoms. The van der Waals surface area contributed by atoms with Crippen LogP contribution in [0.25, 0.3) is 34.1 Å². The van der Waals surface area contributed by atoms with Crippen molar-refractivity contribution >= 4 is 46.7 Å². The monoisotopic (exact) mass is 2010 g/mol. The minimum absolute atomic E-state index is 0. The van der Waals surface area contributed by atoms with Crippen LogP contribution in [-0.2, 0) is 9.47 Å². The molecule has 2 aliphatic rings. The van der Waals surface area contributed by atoms with E-state index in [1.165, 1.54) is 20.4 Å². The number of carbonyl (C=O) groups is 4. The minimum atomic E-state index is -0.962. The first-order chi connectivity index (χ1) is 60.2. The molecule has 0 spiro atoms. The number of halogens is 57. The molecule has 125 heavy (non-hydrogen) atoms. The summed E-state index contributed by atoms with van der Waals surface area (Å²) < 4.78 is 471. The smallest absolute Gasteiger partial charge is 0.409 e. The summed E-state index contributed by atoms with van der Waals surface area (Å²) in [7, 11) is 2.72. The predicted molar refractivity (Wildman–Crippen MR) is 313 cm³/mol. The van der Waals surface area contributed by atoms with Gasteiger partial charge < -0.3 is 44.5 Å². The molecule has 2 aliphatic heterocycles. The predicted octanol–water partition coefficient (Wildman–Crippen LogP) is 30.9. The second-order valence-electron chi connectivity index (χ2n) is 16.1. The first-order valence-corrected chi connectivity index (χ1v) is 24.9. The van der Waals surface area contributed by atoms with Gasteiger partial charge in [0, 0.05) is 317 Å². The number of ether oxygens (including phenoxy) is 2. The lowest BCUT2D eigenvalue weighted by atomic mass is 10.0. The van der Waals surface area contributed by atoms with E-state index in [4.69, 9.17) is 281 Å². The number of nitrogens with two attached hydrogens (primary N) is 1. The average Bonchev–Trinajstić information content (AvgIpc) is 1.62. The summed E-state index contributed by atoms with van der Waals surface area (Å²) in [5, 5.41) is 19.8. The van der Waals surface area contributed by atoms with Crippen LogP contribution in [0.15, 0.2) is 94.5 Å². The summed E-state index contributed by atoms with van der Waals surface area (Å²) in [6.07, 6.45) is 5.75. The van der Waals surface area contributed by atoms with Crippen molar-refractivity contribution in [2.45, 2.75) is 47.0 Å². The van der Waals surface area contributed by atoms with E-state index in [9.17, 15) is 19.2 Å². The van der Waals surface area contributed by atoms with E-state index in [1.54, 1.807) is 31.0 Å². The Balaban J connectivity index is -0.0000000474. The number of aromatic carboxylic acids is 1. The number of hydrogen-bond donors (Lipinski definition) is 3. The van der Waals surface area contributed by atoms with Gasteiger partial charge in [-0.25, -0.2) is 24.4 Å². The molecule has 0 bridgehead atoms. The number of aryl methyl sites for hydroxylation is 4. The van der Waals surface area contributed by atoms with Crippen LogP contribution >= 0.6 is 0 Å². The van der Waals surface area contributed by atoms with Crippen molar-refractivity contribution in [3.63, 3.8) is 0 Å². The molecule has 2 aromatic carbocycles. The molecule has 4 N–H and O–H groups in total. The van der Waals surface area contributed by atoms with Crippen LogP contribution in [-0.4, -0.2) is 118 Å². The molecule has 8 aromatic rings. The number of aromatic nitrogens is 8. The summed E-state index contributed by atoms with van der Waals surface area (Å²) in [5.74, 6) is 0.744. The number of nitrogens with zero attached hydrogens (tertiary/aromatic N) is 10. The van der Waals surface area contributed by atoms with Gasteiger partial charge >= 0.3 is 18.2 Å². The number of methoxy groups -OCH3 is 2. The Morgan fingerprint density at radius 2 is 0.648 bits per heavy atom. The van der Waals surface area contributed by atoms with Crippen molar-refractivity contribution in [3.05, 3.63) is 131 Å². The summed E-state index contributed by atoms with van der Waals surface area (Å²) >= 11 is 0. The maximum Gasteiger partial charge on any atom is 0.409 e. The van der Waals surface area contributed by atoms with Gasteiger partial charge in [0.1, 0.15) is 17.0 Å². The van der Waals surface area contributed by atoms with Crippen molar-refractivity contribution in [1.82, 2.24) is 48.9 Å². The second-order valence-corrected chi connectivity index (χ2v) is 16.1. The van der Waals surface area contributed by atoms with Crippen LogP contribution in [0.5, 0.6) is 0 Å². The van der Waals surface area contributed by atoms with E-state index in [0.29, 0.717) is 83.5 Å². The first kappa shape index (κ1) is 175. The van der Waals surface area contributed by atoms with E-state index < -0.39 is 5.97 Å². The van der Waals surface area contributed by atoms with Gasteiger partial charge in [0.25, 0.3) is 5.91 Å². The molecule has 752 valence electrons. The van der Waals surface area contributed by atoms with Gasteiger partial charge in [-0.05, 0) is 86.3 Å². The highest BCUT2D eigenvalue weighted by Gasteiger charge is 2.37. The fourth-order valence-corrected chi connectivity index (χ4v) is 7.22. The number of carboxylic acid groups (broad SMARTS) is 1. The molecule has 6 aromatic heterocycles. The molecule has 0 aliphatic carbocycles. The summed E-state index contributed by atoms with van der Waals surface area (Å²) in [6, 6.07) is 18.8. The normalized spacial score (nSPS) is 8.56. The summed E-state index contributed by atoms with van der Waals surface area (Å²) in [5.41, 5.74) is 14.8. The number of carbonyl (C=O) groups excluding carboxylic acids is 3. The maximum absolute atomic E-state index is 13.0. The highest BCUT2D eigenvalue weighted by Crippen LogP contribution is 2.31. The van der Waals surface area contributed by atoms with E-state index in [1.807, 2.05) is 94.6 Å². The van der Waals surface area contributed by atoms with Crippen molar-refractivity contribution in [2.75, 3.05) is 51.4 Å². The SMILES string of the molecule is C.COC(=O)N1CC(c2nc(-c3ccc(C)c(N)c3)no2)C1.COC(=O)N1CC(c2nc(-c3ccc(C)c(NC(=O)c4cnc5cc(C)ccn45)c3)no2)C1.Cc1ccn2c(C(=O)O)cnc2c1.F.FF.FF.FF.FF.FF.FF.FF.FF.FF.FF.FF.FF.FF.FF.FF.FF.FF.FF.FF.FF.FF.FF.FF.FF.FF.FF.FF.FF. The number of fused-ring (bicyclic) bond motifs is 2. The third-order valence-corrected chi connectivity index (χ3v) is 11.3. The van der Waals surface area contributed by atoms with Crippen LogP contribution in [0.4, 0.5) is 282 Å². The molecule has 2 saturated heterocycles. The molecular formula is C47H51F57N12O9. The Hall–Kier alpha value is -12.6. The number of likely N-dealkylation sites (tertiary alicyclic amines) is 2. The number of hydrogen-bond acceptors (Lipinski definition) is 15. The number of rotatable bonds is 7. The Morgan fingerprint density at radius 1 is 0.392 bits per heavy atom. The number of pyridine rings is 2. The zero-order valence-electron chi connectivity index (χ0n) is 58.9. The Labute approximate surface area is 651 Å². The van der Waals surface area contributed by atoms with E-state index in [-0.39, 0.29) is 47.8 Å². The molecule has 0 unspecified atom stereocenters. The number of nitrogen functional groups attached to an aromatic ring is 1. The molecule has 2 fully saturated rings. The quantitative estimate of drug-likeness (QED) is 0.0989. The van der Waals surface area contributed by atoms with Crippen molar-refractivity contribution in [3.8, 4) is 22.8 Å². The number of anilines is 2. The van der Waals surface area contributed by atoms with Crippen molar-refractivity contribution in [2.24, 2.45) is 0 Å². The number of carboxylic acids is 1. The minimum Gasteiger partial charge on any atom is -0.477 e. The van der Waals surface area contributed by atoms with Crippen LogP contribution in [0.2, 0.25) is 0 Å². The molecule has 0 radical (unpaired) electrons. The zero-order valence-corrected chi connectivity index (χ0v) is 58.9. The molecule has 3 amide bonds.